The van der Waals surface area contributed by atoms with E-state index in [9.17, 15) is 0 Å². The molecule has 0 bridgehead atoms. The van der Waals surface area contributed by atoms with Gasteiger partial charge in [0, 0.05) is 62.1 Å². The number of aromatic nitrogens is 8. The second-order valence-corrected chi connectivity index (χ2v) is 25.6. The molecule has 99 heavy (non-hydrogen) atoms. The normalized spacial score (nSPS) is 14.1. The van der Waals surface area contributed by atoms with Crippen LogP contribution >= 0.6 is 0 Å². The van der Waals surface area contributed by atoms with Gasteiger partial charge < -0.3 is 9.31 Å². The number of benzene rings is 12. The van der Waals surface area contributed by atoms with Crippen LogP contribution in [0.4, 0.5) is 0 Å². The Morgan fingerprint density at radius 2 is 0.495 bits per heavy atom. The molecule has 0 spiro atoms. The van der Waals surface area contributed by atoms with E-state index in [1.54, 1.807) is 0 Å². The predicted octanol–water partition coefficient (Wildman–Crippen LogP) is 20.0. The minimum atomic E-state index is -0.704. The van der Waals surface area contributed by atoms with Crippen molar-refractivity contribution in [3.05, 3.63) is 333 Å². The molecule has 10 nitrogen and oxygen atoms in total. The number of nitrogens with zero attached hydrogens (tertiary/aromatic N) is 8. The summed E-state index contributed by atoms with van der Waals surface area (Å²) in [5.41, 5.74) is 19.3. The minimum absolute atomic E-state index is 0.596. The van der Waals surface area contributed by atoms with Crippen LogP contribution in [-0.4, -0.2) is 58.2 Å². The zero-order valence-corrected chi connectivity index (χ0v) is 54.9. The monoisotopic (exact) mass is 1280 g/mol. The third-order valence-corrected chi connectivity index (χ3v) is 18.6. The van der Waals surface area contributed by atoms with Crippen LogP contribution in [0.3, 0.4) is 0 Å². The van der Waals surface area contributed by atoms with Gasteiger partial charge >= 0.3 is 7.12 Å². The molecule has 15 aromatic rings. The summed E-state index contributed by atoms with van der Waals surface area (Å²) in [7, 11) is -0.611. The van der Waals surface area contributed by atoms with Gasteiger partial charge in [-0.15, -0.1) is 0 Å². The Kier molecular flexibility index (Phi) is 16.6. The largest absolute Gasteiger partial charge is 0.494 e. The molecule has 4 heterocycles. The fraction of sp³-hybridized carbons (Fsp3) is 0.0682. The van der Waals surface area contributed by atoms with Crippen molar-refractivity contribution in [2.45, 2.75) is 38.4 Å². The van der Waals surface area contributed by atoms with Crippen LogP contribution in [0, 0.1) is 0 Å². The molecule has 12 aromatic carbocycles. The van der Waals surface area contributed by atoms with Crippen LogP contribution in [0.1, 0.15) is 26.3 Å². The molecule has 0 aliphatic carbocycles. The van der Waals surface area contributed by atoms with Crippen LogP contribution < -0.4 is 5.46 Å². The lowest BCUT2D eigenvalue weighted by molar-refractivity contribution is -0.00876. The van der Waals surface area contributed by atoms with Gasteiger partial charge in [0.2, 0.25) is 0 Å². The first-order chi connectivity index (χ1) is 48.6. The van der Waals surface area contributed by atoms with Crippen molar-refractivity contribution < 1.29 is 9.31 Å². The van der Waals surface area contributed by atoms with Gasteiger partial charge in [0.25, 0.3) is 0 Å². The third-order valence-electron chi connectivity index (χ3n) is 18.6. The van der Waals surface area contributed by atoms with E-state index in [1.165, 1.54) is 0 Å². The predicted molar refractivity (Wildman–Crippen MR) is 400 cm³/mol. The van der Waals surface area contributed by atoms with E-state index in [1.807, 2.05) is 133 Å². The Morgan fingerprint density at radius 3 is 0.869 bits per heavy atom. The molecule has 0 N–H and O–H groups in total. The average molecular weight is 1280 g/mol. The van der Waals surface area contributed by atoms with Crippen molar-refractivity contribution >= 4 is 12.6 Å². The van der Waals surface area contributed by atoms with Crippen LogP contribution in [0.15, 0.2) is 328 Å². The molecule has 1 unspecified atom stereocenters. The Morgan fingerprint density at radius 1 is 0.232 bits per heavy atom. The van der Waals surface area contributed by atoms with E-state index in [0.717, 1.165) is 123 Å². The van der Waals surface area contributed by atoms with Crippen LogP contribution in [0.5, 0.6) is 0 Å². The molecule has 1 aliphatic rings. The zero-order valence-electron chi connectivity index (χ0n) is 54.9. The van der Waals surface area contributed by atoms with Gasteiger partial charge in [0.05, 0.1) is 34.0 Å². The molecule has 0 saturated carbocycles. The molecule has 1 saturated heterocycles. The zero-order chi connectivity index (χ0) is 66.7. The van der Waals surface area contributed by atoms with Crippen molar-refractivity contribution in [3.8, 4) is 147 Å². The molecule has 1 fully saturated rings. The summed E-state index contributed by atoms with van der Waals surface area (Å²) >= 11 is 0. The van der Waals surface area contributed by atoms with E-state index in [0.29, 0.717) is 41.4 Å². The second kappa shape index (κ2) is 26.7. The quantitative estimate of drug-likeness (QED) is 0.0865. The standard InChI is InChI=1S/C88H65BN8O2/c1-87(2)88(3,99-89(98-87)76-48-26-44-72(57-76)71-43-25-47-75(56-71)86-96-83(65-35-18-8-19-36-65)93-84(97-86)66-37-20-9-21-38-66)58-59-49-51-62(52-50-59)79-77(60-27-10-4-11-28-60)90-78(61-29-12-5-13-30-61)80(91-79)73-45-23-41-69(54-73)67-39-22-40-68(53-67)70-42-24-46-74(55-70)85-94-81(63-31-14-6-15-32-63)92-82(95-85)64-33-16-7-17-34-64/h4-57H,58H2,1-3H3. The summed E-state index contributed by atoms with van der Waals surface area (Å²) < 4.78 is 14.0. The SMILES string of the molecule is CC1(C)OB(c2cccc(-c3cccc(-c4nc(-c5ccccc5)nc(-c5ccccc5)n4)c3)c2)OC1(C)Cc1ccc(-c2nc(-c3cccc(-c4cccc(-c5cccc(-c6nc(-c7ccccc7)nc(-c7ccccc7)n6)c5)c4)c3)c(-c3ccccc3)nc2-c2ccccc2)cc1. The van der Waals surface area contributed by atoms with Gasteiger partial charge in [0.1, 0.15) is 0 Å². The summed E-state index contributed by atoms with van der Waals surface area (Å²) in [5, 5.41) is 0. The summed E-state index contributed by atoms with van der Waals surface area (Å²) in [6.45, 7) is 6.41. The van der Waals surface area contributed by atoms with Crippen LogP contribution in [0.2, 0.25) is 0 Å². The van der Waals surface area contributed by atoms with Crippen LogP contribution in [0.25, 0.3) is 147 Å². The highest BCUT2D eigenvalue weighted by Gasteiger charge is 2.54. The first-order valence-electron chi connectivity index (χ1n) is 33.3. The van der Waals surface area contributed by atoms with E-state index in [-0.39, 0.29) is 0 Å². The highest BCUT2D eigenvalue weighted by atomic mass is 16.7. The summed E-state index contributed by atoms with van der Waals surface area (Å²) in [6, 6.07) is 112. The van der Waals surface area contributed by atoms with E-state index in [4.69, 9.17) is 49.2 Å². The lowest BCUT2D eigenvalue weighted by atomic mass is 9.78. The lowest BCUT2D eigenvalue weighted by Crippen LogP contribution is -2.46. The van der Waals surface area contributed by atoms with Gasteiger partial charge in [-0.1, -0.05) is 303 Å². The van der Waals surface area contributed by atoms with Crippen molar-refractivity contribution in [1.82, 2.24) is 39.9 Å². The lowest BCUT2D eigenvalue weighted by Gasteiger charge is -2.36. The van der Waals surface area contributed by atoms with E-state index < -0.39 is 18.3 Å². The van der Waals surface area contributed by atoms with E-state index >= 15 is 0 Å². The topological polar surface area (TPSA) is 122 Å². The van der Waals surface area contributed by atoms with Crippen molar-refractivity contribution in [1.29, 1.82) is 0 Å². The maximum Gasteiger partial charge on any atom is 0.494 e. The van der Waals surface area contributed by atoms with Gasteiger partial charge in [-0.2, -0.15) is 0 Å². The first-order valence-corrected chi connectivity index (χ1v) is 33.3. The Balaban J connectivity index is 0.689. The number of rotatable bonds is 16. The maximum atomic E-state index is 7.11. The summed E-state index contributed by atoms with van der Waals surface area (Å²) in [4.78, 5) is 41.3. The smallest absolute Gasteiger partial charge is 0.399 e. The molecule has 11 heteroatoms. The Hall–Kier alpha value is -12.3. The molecule has 0 radical (unpaired) electrons. The molecule has 1 atom stereocenters. The molecule has 16 rings (SSSR count). The minimum Gasteiger partial charge on any atom is -0.399 e. The second-order valence-electron chi connectivity index (χ2n) is 25.6. The van der Waals surface area contributed by atoms with E-state index in [2.05, 4.69) is 215 Å². The highest BCUT2D eigenvalue weighted by molar-refractivity contribution is 6.62. The van der Waals surface area contributed by atoms with Gasteiger partial charge in [0.15, 0.2) is 34.9 Å². The Labute approximate surface area is 576 Å². The van der Waals surface area contributed by atoms with Crippen molar-refractivity contribution in [2.75, 3.05) is 0 Å². The molecule has 0 amide bonds. The summed E-state index contributed by atoms with van der Waals surface area (Å²) in [5.74, 6) is 3.68. The number of hydrogen-bond donors (Lipinski definition) is 0. The van der Waals surface area contributed by atoms with Crippen molar-refractivity contribution in [2.24, 2.45) is 0 Å². The molecule has 1 aliphatic heterocycles. The molecule has 3 aromatic heterocycles. The average Bonchev–Trinajstić information content (AvgIpc) is 1.02. The molecule has 472 valence electrons. The van der Waals surface area contributed by atoms with Gasteiger partial charge in [-0.3, -0.25) is 0 Å². The maximum absolute atomic E-state index is 7.11. The van der Waals surface area contributed by atoms with Gasteiger partial charge in [-0.25, -0.2) is 39.9 Å². The highest BCUT2D eigenvalue weighted by Crippen LogP contribution is 2.43. The first kappa shape index (κ1) is 61.6. The molecular formula is C88H65BN8O2. The fourth-order valence-electron chi connectivity index (χ4n) is 12.9. The third kappa shape index (κ3) is 12.9. The van der Waals surface area contributed by atoms with Gasteiger partial charge in [-0.05, 0) is 89.4 Å². The number of hydrogen-bond acceptors (Lipinski definition) is 10. The molecular weight excluding hydrogens is 1210 g/mol. The fourth-order valence-corrected chi connectivity index (χ4v) is 12.9. The van der Waals surface area contributed by atoms with Crippen molar-refractivity contribution in [3.63, 3.8) is 0 Å². The summed E-state index contributed by atoms with van der Waals surface area (Å²) in [6.07, 6.45) is 0.597. The Bertz CT molecular complexity index is 5290. The van der Waals surface area contributed by atoms with Crippen LogP contribution in [-0.2, 0) is 15.7 Å².